The largest absolute Gasteiger partial charge is 0.457 e. The van der Waals surface area contributed by atoms with Gasteiger partial charge in [-0.1, -0.05) is 6.92 Å². The maximum absolute atomic E-state index is 10.5. The van der Waals surface area contributed by atoms with Gasteiger partial charge in [0.25, 0.3) is 0 Å². The summed E-state index contributed by atoms with van der Waals surface area (Å²) < 4.78 is 10.6. The zero-order valence-electron chi connectivity index (χ0n) is 9.94. The van der Waals surface area contributed by atoms with E-state index in [-0.39, 0.29) is 0 Å². The molecule has 1 heterocycles. The molecule has 4 nitrogen and oxygen atoms in total. The van der Waals surface area contributed by atoms with Crippen LogP contribution in [0.4, 0.5) is 0 Å². The highest BCUT2D eigenvalue weighted by atomic mass is 16.5. The summed E-state index contributed by atoms with van der Waals surface area (Å²) >= 11 is 0. The van der Waals surface area contributed by atoms with Crippen molar-refractivity contribution in [3.05, 3.63) is 23.7 Å². The molecular weight excluding hydrogens is 206 g/mol. The van der Waals surface area contributed by atoms with Crippen LogP contribution < -0.4 is 0 Å². The van der Waals surface area contributed by atoms with Crippen molar-refractivity contribution in [1.82, 2.24) is 4.90 Å². The molecule has 0 N–H and O–H groups in total. The molecule has 0 aliphatic carbocycles. The van der Waals surface area contributed by atoms with Gasteiger partial charge in [-0.25, -0.2) is 0 Å². The lowest BCUT2D eigenvalue weighted by molar-refractivity contribution is 0.106. The smallest absolute Gasteiger partial charge is 0.185 e. The Morgan fingerprint density at radius 3 is 2.81 bits per heavy atom. The molecule has 1 aromatic rings. The first-order valence-corrected chi connectivity index (χ1v) is 5.64. The average Bonchev–Trinajstić information content (AvgIpc) is 2.75. The first-order chi connectivity index (χ1) is 7.80. The van der Waals surface area contributed by atoms with E-state index in [1.54, 1.807) is 6.07 Å². The zero-order chi connectivity index (χ0) is 11.8. The van der Waals surface area contributed by atoms with Gasteiger partial charge in [-0.2, -0.15) is 0 Å². The van der Waals surface area contributed by atoms with E-state index in [0.29, 0.717) is 5.76 Å². The lowest BCUT2D eigenvalue weighted by atomic mass is 10.4. The molecule has 0 saturated carbocycles. The number of likely N-dealkylation sites (N-methyl/N-ethyl adjacent to an activating group) is 1. The number of rotatable bonds is 8. The van der Waals surface area contributed by atoms with Gasteiger partial charge in [0.05, 0.1) is 13.2 Å². The van der Waals surface area contributed by atoms with Crippen molar-refractivity contribution in [2.24, 2.45) is 0 Å². The fourth-order valence-corrected chi connectivity index (χ4v) is 1.45. The Labute approximate surface area is 96.2 Å². The predicted molar refractivity (Wildman–Crippen MR) is 61.5 cm³/mol. The molecule has 1 aromatic heterocycles. The number of hydrogen-bond acceptors (Lipinski definition) is 4. The standard InChI is InChI=1S/C12H19NO3/c1-3-13(7-8-15-4-2)9-11-5-6-12(10-14)16-11/h5-6,10H,3-4,7-9H2,1-2H3. The van der Waals surface area contributed by atoms with Crippen molar-refractivity contribution < 1.29 is 13.9 Å². The van der Waals surface area contributed by atoms with Crippen LogP contribution in [-0.2, 0) is 11.3 Å². The second-order valence-electron chi connectivity index (χ2n) is 3.49. The molecule has 16 heavy (non-hydrogen) atoms. The van der Waals surface area contributed by atoms with Crippen molar-refractivity contribution in [3.63, 3.8) is 0 Å². The van der Waals surface area contributed by atoms with E-state index in [1.807, 2.05) is 13.0 Å². The number of furan rings is 1. The molecule has 0 spiro atoms. The van der Waals surface area contributed by atoms with Gasteiger partial charge in [-0.3, -0.25) is 9.69 Å². The van der Waals surface area contributed by atoms with Crippen molar-refractivity contribution in [3.8, 4) is 0 Å². The second-order valence-corrected chi connectivity index (χ2v) is 3.49. The lowest BCUT2D eigenvalue weighted by Gasteiger charge is -2.18. The lowest BCUT2D eigenvalue weighted by Crippen LogP contribution is -2.26. The monoisotopic (exact) mass is 225 g/mol. The van der Waals surface area contributed by atoms with Gasteiger partial charge in [0, 0.05) is 13.2 Å². The van der Waals surface area contributed by atoms with E-state index in [1.165, 1.54) is 0 Å². The third-order valence-corrected chi connectivity index (χ3v) is 2.38. The van der Waals surface area contributed by atoms with Gasteiger partial charge < -0.3 is 9.15 Å². The van der Waals surface area contributed by atoms with E-state index in [9.17, 15) is 4.79 Å². The summed E-state index contributed by atoms with van der Waals surface area (Å²) in [5, 5.41) is 0. The molecule has 0 amide bonds. The van der Waals surface area contributed by atoms with Crippen LogP contribution in [0.25, 0.3) is 0 Å². The fourth-order valence-electron chi connectivity index (χ4n) is 1.45. The molecule has 1 rings (SSSR count). The third kappa shape index (κ3) is 4.16. The van der Waals surface area contributed by atoms with Crippen molar-refractivity contribution in [2.75, 3.05) is 26.3 Å². The van der Waals surface area contributed by atoms with Crippen LogP contribution in [-0.4, -0.2) is 37.5 Å². The molecule has 0 unspecified atom stereocenters. The zero-order valence-corrected chi connectivity index (χ0v) is 9.94. The van der Waals surface area contributed by atoms with E-state index in [0.717, 1.165) is 44.9 Å². The Morgan fingerprint density at radius 1 is 1.44 bits per heavy atom. The summed E-state index contributed by atoms with van der Waals surface area (Å²) in [5.41, 5.74) is 0. The van der Waals surface area contributed by atoms with Crippen molar-refractivity contribution in [2.45, 2.75) is 20.4 Å². The minimum atomic E-state index is 0.385. The van der Waals surface area contributed by atoms with Crippen LogP contribution in [0.5, 0.6) is 0 Å². The molecule has 0 fully saturated rings. The van der Waals surface area contributed by atoms with Gasteiger partial charge in [0.1, 0.15) is 5.76 Å². The highest BCUT2D eigenvalue weighted by molar-refractivity contribution is 5.70. The Bertz CT molecular complexity index is 309. The van der Waals surface area contributed by atoms with E-state index < -0.39 is 0 Å². The number of carbonyl (C=O) groups is 1. The molecule has 0 radical (unpaired) electrons. The maximum atomic E-state index is 10.5. The molecule has 4 heteroatoms. The molecule has 90 valence electrons. The minimum absolute atomic E-state index is 0.385. The molecule has 0 saturated heterocycles. The quantitative estimate of drug-likeness (QED) is 0.501. The Kier molecular flexibility index (Phi) is 5.82. The first-order valence-electron chi connectivity index (χ1n) is 5.64. The van der Waals surface area contributed by atoms with E-state index in [4.69, 9.17) is 9.15 Å². The molecule has 0 bridgehead atoms. The first kappa shape index (κ1) is 12.9. The summed E-state index contributed by atoms with van der Waals surface area (Å²) in [5.74, 6) is 1.20. The predicted octanol–water partition coefficient (Wildman–Crippen LogP) is 1.95. The number of nitrogens with zero attached hydrogens (tertiary/aromatic N) is 1. The molecule has 0 aliphatic heterocycles. The second kappa shape index (κ2) is 7.19. The molecular formula is C12H19NO3. The van der Waals surface area contributed by atoms with Crippen LogP contribution in [0.1, 0.15) is 30.2 Å². The van der Waals surface area contributed by atoms with Crippen LogP contribution in [0.2, 0.25) is 0 Å². The van der Waals surface area contributed by atoms with Crippen molar-refractivity contribution in [1.29, 1.82) is 0 Å². The van der Waals surface area contributed by atoms with E-state index >= 15 is 0 Å². The number of hydrogen-bond donors (Lipinski definition) is 0. The van der Waals surface area contributed by atoms with Gasteiger partial charge >= 0.3 is 0 Å². The normalized spacial score (nSPS) is 10.9. The summed E-state index contributed by atoms with van der Waals surface area (Å²) in [6.45, 7) is 8.08. The molecule has 0 atom stereocenters. The van der Waals surface area contributed by atoms with Gasteiger partial charge in [0.15, 0.2) is 12.0 Å². The topological polar surface area (TPSA) is 42.7 Å². The van der Waals surface area contributed by atoms with Crippen LogP contribution in [0, 0.1) is 0 Å². The summed E-state index contributed by atoms with van der Waals surface area (Å²) in [6.07, 6.45) is 0.722. The highest BCUT2D eigenvalue weighted by Crippen LogP contribution is 2.08. The van der Waals surface area contributed by atoms with Crippen LogP contribution in [0.3, 0.4) is 0 Å². The Morgan fingerprint density at radius 2 is 2.25 bits per heavy atom. The average molecular weight is 225 g/mol. The van der Waals surface area contributed by atoms with Crippen molar-refractivity contribution >= 4 is 6.29 Å². The number of ether oxygens (including phenoxy) is 1. The number of carbonyl (C=O) groups excluding carboxylic acids is 1. The summed E-state index contributed by atoms with van der Waals surface area (Å²) in [4.78, 5) is 12.7. The number of aldehydes is 1. The maximum Gasteiger partial charge on any atom is 0.185 e. The summed E-state index contributed by atoms with van der Waals surface area (Å²) in [7, 11) is 0. The highest BCUT2D eigenvalue weighted by Gasteiger charge is 2.07. The van der Waals surface area contributed by atoms with Crippen LogP contribution >= 0.6 is 0 Å². The van der Waals surface area contributed by atoms with E-state index in [2.05, 4.69) is 11.8 Å². The summed E-state index contributed by atoms with van der Waals surface area (Å²) in [6, 6.07) is 3.53. The SMILES string of the molecule is CCOCCN(CC)Cc1ccc(C=O)o1. The third-order valence-electron chi connectivity index (χ3n) is 2.38. The van der Waals surface area contributed by atoms with Gasteiger partial charge in [-0.05, 0) is 25.6 Å². The van der Waals surface area contributed by atoms with Crippen LogP contribution in [0.15, 0.2) is 16.5 Å². The van der Waals surface area contributed by atoms with Gasteiger partial charge in [0.2, 0.25) is 0 Å². The Hall–Kier alpha value is -1.13. The molecule has 0 aromatic carbocycles. The van der Waals surface area contributed by atoms with Gasteiger partial charge in [-0.15, -0.1) is 0 Å². The Balaban J connectivity index is 2.39. The fraction of sp³-hybridized carbons (Fsp3) is 0.583. The minimum Gasteiger partial charge on any atom is -0.457 e. The molecule has 0 aliphatic rings.